The molecule has 0 unspecified atom stereocenters. The second-order valence-corrected chi connectivity index (χ2v) is 8.06. The number of nitrogens with zero attached hydrogens (tertiary/aromatic N) is 2. The molecule has 2 aliphatic heterocycles. The minimum Gasteiger partial charge on any atom is -0.278 e. The number of hydrogen-bond donors (Lipinski definition) is 0. The molecule has 0 saturated carbocycles. The average molecular weight is 404 g/mol. The van der Waals surface area contributed by atoms with Gasteiger partial charge in [0.2, 0.25) is 6.41 Å². The van der Waals surface area contributed by atoms with E-state index < -0.39 is 0 Å². The zero-order valence-corrected chi connectivity index (χ0v) is 16.2. The first-order valence-electron chi connectivity index (χ1n) is 9.84. The number of rotatable bonds is 1. The van der Waals surface area contributed by atoms with Crippen molar-refractivity contribution in [1.82, 2.24) is 4.90 Å². The Kier molecular flexibility index (Phi) is 2.68. The highest BCUT2D eigenvalue weighted by molar-refractivity contribution is 6.42. The van der Waals surface area contributed by atoms with Crippen LogP contribution in [0.1, 0.15) is 31.1 Å². The lowest BCUT2D eigenvalue weighted by Gasteiger charge is -2.25. The van der Waals surface area contributed by atoms with Gasteiger partial charge in [-0.3, -0.25) is 24.1 Å². The molecule has 31 heavy (non-hydrogen) atoms. The lowest BCUT2D eigenvalue weighted by Crippen LogP contribution is -2.36. The van der Waals surface area contributed by atoms with Gasteiger partial charge in [-0.2, -0.15) is 0 Å². The normalized spacial score (nSPS) is 15.5. The lowest BCUT2D eigenvalue weighted by molar-refractivity contribution is -0.106. The molecule has 0 saturated heterocycles. The topological polar surface area (TPSA) is 74.8 Å². The smallest absolute Gasteiger partial charge is 0.265 e. The summed E-state index contributed by atoms with van der Waals surface area (Å²) in [5, 5.41) is 6.89. The number of carbonyl (C=O) groups excluding carboxylic acids is 4. The van der Waals surface area contributed by atoms with Gasteiger partial charge in [0.1, 0.15) is 0 Å². The third kappa shape index (κ3) is 1.64. The second-order valence-electron chi connectivity index (χ2n) is 8.06. The van der Waals surface area contributed by atoms with Crippen molar-refractivity contribution in [2.75, 3.05) is 11.9 Å². The number of imide groups is 2. The number of fused-ring (bicyclic) bond motifs is 2. The zero-order valence-electron chi connectivity index (χ0n) is 16.2. The van der Waals surface area contributed by atoms with Crippen LogP contribution in [0.3, 0.4) is 0 Å². The van der Waals surface area contributed by atoms with Gasteiger partial charge in [0.15, 0.2) is 0 Å². The standard InChI is InChI=1S/C25H12N2O4/c1-26-23(29)15-5-2-11-13-4-7-17-22-18(27(10-28)25(17)31)9-8-14(20(13)22)12-3-6-16(24(26)30)21(15)19(11)12/h2-10H,1H3. The van der Waals surface area contributed by atoms with Crippen LogP contribution in [0.15, 0.2) is 48.5 Å². The number of amides is 4. The summed E-state index contributed by atoms with van der Waals surface area (Å²) in [6.45, 7) is 0. The maximum Gasteiger partial charge on any atom is 0.265 e. The van der Waals surface area contributed by atoms with E-state index in [0.29, 0.717) is 34.2 Å². The van der Waals surface area contributed by atoms with Gasteiger partial charge >= 0.3 is 0 Å². The first-order valence-corrected chi connectivity index (χ1v) is 9.84. The highest BCUT2D eigenvalue weighted by Crippen LogP contribution is 2.48. The molecule has 7 rings (SSSR count). The monoisotopic (exact) mass is 404 g/mol. The summed E-state index contributed by atoms with van der Waals surface area (Å²) in [5.74, 6) is -0.954. The molecule has 2 aliphatic rings. The summed E-state index contributed by atoms with van der Waals surface area (Å²) < 4.78 is 0. The summed E-state index contributed by atoms with van der Waals surface area (Å²) in [4.78, 5) is 52.2. The van der Waals surface area contributed by atoms with E-state index in [1.807, 2.05) is 24.3 Å². The maximum atomic E-state index is 12.8. The van der Waals surface area contributed by atoms with Crippen LogP contribution in [-0.4, -0.2) is 36.1 Å². The average Bonchev–Trinajstić information content (AvgIpc) is 3.08. The molecule has 146 valence electrons. The van der Waals surface area contributed by atoms with E-state index in [-0.39, 0.29) is 17.7 Å². The molecule has 5 aromatic rings. The van der Waals surface area contributed by atoms with Crippen LogP contribution in [0.2, 0.25) is 0 Å². The van der Waals surface area contributed by atoms with E-state index in [1.165, 1.54) is 7.05 Å². The SMILES string of the molecule is CN1C(=O)c2ccc3c4ccc5c6c(ccc(c7ccc(c2c37)C1=O)c64)N(C=O)C5=O. The highest BCUT2D eigenvalue weighted by atomic mass is 16.2. The minimum absolute atomic E-state index is 0.312. The van der Waals surface area contributed by atoms with Crippen LogP contribution in [-0.2, 0) is 4.79 Å². The number of hydrogen-bond acceptors (Lipinski definition) is 4. The lowest BCUT2D eigenvalue weighted by atomic mass is 9.84. The molecule has 2 heterocycles. The van der Waals surface area contributed by atoms with Gasteiger partial charge in [-0.25, -0.2) is 4.90 Å². The van der Waals surface area contributed by atoms with Crippen LogP contribution in [0.5, 0.6) is 0 Å². The van der Waals surface area contributed by atoms with Crippen molar-refractivity contribution >= 4 is 72.9 Å². The Morgan fingerprint density at radius 3 is 1.55 bits per heavy atom. The summed E-state index contributed by atoms with van der Waals surface area (Å²) in [7, 11) is 1.50. The van der Waals surface area contributed by atoms with Crippen LogP contribution in [0.4, 0.5) is 5.69 Å². The van der Waals surface area contributed by atoms with Crippen molar-refractivity contribution in [3.63, 3.8) is 0 Å². The molecule has 5 aromatic carbocycles. The molecule has 0 N–H and O–H groups in total. The van der Waals surface area contributed by atoms with Crippen LogP contribution in [0, 0.1) is 0 Å². The Hall–Kier alpha value is -4.32. The van der Waals surface area contributed by atoms with Crippen LogP contribution in [0.25, 0.3) is 43.1 Å². The van der Waals surface area contributed by atoms with Gasteiger partial charge in [-0.1, -0.05) is 24.3 Å². The van der Waals surface area contributed by atoms with Crippen molar-refractivity contribution in [3.05, 3.63) is 65.2 Å². The second kappa shape index (κ2) is 5.05. The first-order chi connectivity index (χ1) is 15.0. The van der Waals surface area contributed by atoms with E-state index >= 15 is 0 Å². The van der Waals surface area contributed by atoms with E-state index in [9.17, 15) is 19.2 Å². The van der Waals surface area contributed by atoms with E-state index in [2.05, 4.69) is 0 Å². The van der Waals surface area contributed by atoms with Gasteiger partial charge in [0.05, 0.1) is 11.3 Å². The van der Waals surface area contributed by atoms with Crippen molar-refractivity contribution in [2.45, 2.75) is 0 Å². The fourth-order valence-electron chi connectivity index (χ4n) is 5.40. The summed E-state index contributed by atoms with van der Waals surface area (Å²) in [6.07, 6.45) is 0.551. The Morgan fingerprint density at radius 2 is 1.03 bits per heavy atom. The fraction of sp³-hybridized carbons (Fsp3) is 0.0400. The van der Waals surface area contributed by atoms with Gasteiger partial charge in [0, 0.05) is 34.3 Å². The summed E-state index contributed by atoms with van der Waals surface area (Å²) in [6, 6.07) is 14.7. The maximum absolute atomic E-state index is 12.8. The van der Waals surface area contributed by atoms with Gasteiger partial charge < -0.3 is 0 Å². The van der Waals surface area contributed by atoms with Crippen molar-refractivity contribution in [2.24, 2.45) is 0 Å². The first kappa shape index (κ1) is 16.5. The molecule has 0 aromatic heterocycles. The molecule has 0 atom stereocenters. The molecule has 0 spiro atoms. The largest absolute Gasteiger partial charge is 0.278 e. The van der Waals surface area contributed by atoms with Crippen molar-refractivity contribution in [3.8, 4) is 0 Å². The molecule has 0 aliphatic carbocycles. The predicted molar refractivity (Wildman–Crippen MR) is 117 cm³/mol. The minimum atomic E-state index is -0.330. The third-order valence-electron chi connectivity index (χ3n) is 6.76. The summed E-state index contributed by atoms with van der Waals surface area (Å²) in [5.41, 5.74) is 2.11. The quantitative estimate of drug-likeness (QED) is 0.183. The molecular formula is C25H12N2O4. The van der Waals surface area contributed by atoms with E-state index in [0.717, 1.165) is 47.5 Å². The summed E-state index contributed by atoms with van der Waals surface area (Å²) >= 11 is 0. The predicted octanol–water partition coefficient (Wildman–Crippen LogP) is 4.08. The fourth-order valence-corrected chi connectivity index (χ4v) is 5.40. The van der Waals surface area contributed by atoms with Crippen LogP contribution >= 0.6 is 0 Å². The molecule has 0 bridgehead atoms. The van der Waals surface area contributed by atoms with Crippen LogP contribution < -0.4 is 4.90 Å². The Bertz CT molecular complexity index is 1660. The van der Waals surface area contributed by atoms with Crippen molar-refractivity contribution < 1.29 is 19.2 Å². The Balaban J connectivity index is 1.78. The number of anilines is 1. The van der Waals surface area contributed by atoms with Crippen molar-refractivity contribution in [1.29, 1.82) is 0 Å². The number of benzene rings is 5. The highest BCUT2D eigenvalue weighted by Gasteiger charge is 2.34. The van der Waals surface area contributed by atoms with Gasteiger partial charge in [-0.05, 0) is 51.2 Å². The van der Waals surface area contributed by atoms with Gasteiger partial charge in [0.25, 0.3) is 17.7 Å². The zero-order chi connectivity index (χ0) is 21.2. The molecule has 6 heteroatoms. The molecular weight excluding hydrogens is 392 g/mol. The van der Waals surface area contributed by atoms with Gasteiger partial charge in [-0.15, -0.1) is 0 Å². The molecule has 0 fully saturated rings. The molecule has 0 radical (unpaired) electrons. The Labute approximate surface area is 174 Å². The number of carbonyl (C=O) groups is 4. The Morgan fingerprint density at radius 1 is 0.581 bits per heavy atom. The molecule has 4 amide bonds. The van der Waals surface area contributed by atoms with E-state index in [4.69, 9.17) is 0 Å². The van der Waals surface area contributed by atoms with E-state index in [1.54, 1.807) is 24.3 Å². The molecule has 6 nitrogen and oxygen atoms in total. The third-order valence-corrected chi connectivity index (χ3v) is 6.76.